The fourth-order valence-corrected chi connectivity index (χ4v) is 4.37. The van der Waals surface area contributed by atoms with Gasteiger partial charge in [-0.25, -0.2) is 4.98 Å². The van der Waals surface area contributed by atoms with Crippen molar-refractivity contribution in [1.29, 1.82) is 0 Å². The van der Waals surface area contributed by atoms with Crippen LogP contribution in [0.15, 0.2) is 58.5 Å². The molecular formula is C21H22N2O3S. The quantitative estimate of drug-likeness (QED) is 0.478. The van der Waals surface area contributed by atoms with Gasteiger partial charge in [0.15, 0.2) is 5.16 Å². The maximum Gasteiger partial charge on any atom is 0.262 e. The Morgan fingerprint density at radius 1 is 1.22 bits per heavy atom. The van der Waals surface area contributed by atoms with E-state index < -0.39 is 0 Å². The lowest BCUT2D eigenvalue weighted by Gasteiger charge is -2.17. The Morgan fingerprint density at radius 2 is 2.04 bits per heavy atom. The molecule has 1 aliphatic heterocycles. The van der Waals surface area contributed by atoms with Crippen molar-refractivity contribution in [3.63, 3.8) is 0 Å². The maximum atomic E-state index is 13.1. The van der Waals surface area contributed by atoms with Crippen LogP contribution < -0.4 is 10.3 Å². The van der Waals surface area contributed by atoms with E-state index in [4.69, 9.17) is 14.5 Å². The van der Waals surface area contributed by atoms with E-state index in [1.54, 1.807) is 23.4 Å². The van der Waals surface area contributed by atoms with Gasteiger partial charge < -0.3 is 9.47 Å². The minimum Gasteiger partial charge on any atom is -0.496 e. The second-order valence-corrected chi connectivity index (χ2v) is 7.51. The molecule has 0 spiro atoms. The normalized spacial score (nSPS) is 16.7. The highest BCUT2D eigenvalue weighted by Gasteiger charge is 2.20. The van der Waals surface area contributed by atoms with Crippen LogP contribution in [0.4, 0.5) is 0 Å². The summed E-state index contributed by atoms with van der Waals surface area (Å²) in [6, 6.07) is 15.4. The largest absolute Gasteiger partial charge is 0.496 e. The van der Waals surface area contributed by atoms with Gasteiger partial charge in [-0.05, 0) is 31.0 Å². The number of ether oxygens (including phenoxy) is 2. The molecule has 0 aliphatic carbocycles. The minimum atomic E-state index is -0.00127. The highest BCUT2D eigenvalue weighted by atomic mass is 32.2. The van der Waals surface area contributed by atoms with Crippen molar-refractivity contribution in [2.24, 2.45) is 0 Å². The van der Waals surface area contributed by atoms with Gasteiger partial charge in [0, 0.05) is 17.9 Å². The molecule has 1 saturated heterocycles. The smallest absolute Gasteiger partial charge is 0.262 e. The van der Waals surface area contributed by atoms with E-state index in [0.717, 1.165) is 41.4 Å². The van der Waals surface area contributed by atoms with Crippen molar-refractivity contribution in [2.75, 3.05) is 13.7 Å². The van der Waals surface area contributed by atoms with E-state index in [1.165, 1.54) is 0 Å². The average molecular weight is 382 g/mol. The molecule has 2 heterocycles. The predicted molar refractivity (Wildman–Crippen MR) is 108 cm³/mol. The molecule has 0 unspecified atom stereocenters. The second kappa shape index (κ2) is 8.15. The van der Waals surface area contributed by atoms with Crippen LogP contribution in [0.3, 0.4) is 0 Å². The van der Waals surface area contributed by atoms with E-state index in [-0.39, 0.29) is 11.7 Å². The number of thioether (sulfide) groups is 1. The van der Waals surface area contributed by atoms with Crippen LogP contribution in [0.2, 0.25) is 0 Å². The number of rotatable bonds is 6. The van der Waals surface area contributed by atoms with E-state index in [1.807, 2.05) is 48.5 Å². The number of hydrogen-bond acceptors (Lipinski definition) is 5. The van der Waals surface area contributed by atoms with E-state index >= 15 is 0 Å². The first kappa shape index (κ1) is 18.1. The molecule has 0 saturated carbocycles. The molecule has 1 aromatic heterocycles. The van der Waals surface area contributed by atoms with Crippen molar-refractivity contribution < 1.29 is 9.47 Å². The standard InChI is InChI=1S/C21H22N2O3S/c1-25-19-11-5-2-7-15(19)14-27-21-22-18-10-4-3-9-17(18)20(24)23(21)13-16-8-6-12-26-16/h2-5,7,9-11,16H,6,8,12-14H2,1H3/t16-/m0/s1. The predicted octanol–water partition coefficient (Wildman–Crippen LogP) is 3.88. The summed E-state index contributed by atoms with van der Waals surface area (Å²) >= 11 is 1.56. The Balaban J connectivity index is 1.70. The third-order valence-electron chi connectivity index (χ3n) is 4.79. The third kappa shape index (κ3) is 3.87. The molecule has 5 nitrogen and oxygen atoms in total. The molecule has 27 heavy (non-hydrogen) atoms. The van der Waals surface area contributed by atoms with Crippen LogP contribution in [0.1, 0.15) is 18.4 Å². The fraction of sp³-hybridized carbons (Fsp3) is 0.333. The van der Waals surface area contributed by atoms with Gasteiger partial charge in [-0.3, -0.25) is 9.36 Å². The number of methoxy groups -OCH3 is 1. The molecule has 1 fully saturated rings. The highest BCUT2D eigenvalue weighted by Crippen LogP contribution is 2.28. The Kier molecular flexibility index (Phi) is 5.45. The molecule has 0 bridgehead atoms. The fourth-order valence-electron chi connectivity index (χ4n) is 3.38. The van der Waals surface area contributed by atoms with Crippen LogP contribution in [0.25, 0.3) is 10.9 Å². The Hall–Kier alpha value is -2.31. The van der Waals surface area contributed by atoms with Crippen molar-refractivity contribution >= 4 is 22.7 Å². The lowest BCUT2D eigenvalue weighted by Crippen LogP contribution is -2.28. The summed E-state index contributed by atoms with van der Waals surface area (Å²) < 4.78 is 13.0. The number of benzene rings is 2. The summed E-state index contributed by atoms with van der Waals surface area (Å²) in [5.74, 6) is 1.53. The minimum absolute atomic E-state index is 0.00127. The number of hydrogen-bond donors (Lipinski definition) is 0. The Labute approximate surface area is 162 Å². The third-order valence-corrected chi connectivity index (χ3v) is 5.81. The van der Waals surface area contributed by atoms with Crippen LogP contribution in [-0.2, 0) is 17.0 Å². The van der Waals surface area contributed by atoms with E-state index in [9.17, 15) is 4.79 Å². The van der Waals surface area contributed by atoms with Gasteiger partial charge in [-0.2, -0.15) is 0 Å². The van der Waals surface area contributed by atoms with Gasteiger partial charge in [0.2, 0.25) is 0 Å². The van der Waals surface area contributed by atoms with Crippen LogP contribution >= 0.6 is 11.8 Å². The molecule has 0 radical (unpaired) electrons. The van der Waals surface area contributed by atoms with Crippen molar-refractivity contribution in [2.45, 2.75) is 36.4 Å². The summed E-state index contributed by atoms with van der Waals surface area (Å²) in [6.45, 7) is 1.31. The number of para-hydroxylation sites is 2. The van der Waals surface area contributed by atoms with Crippen LogP contribution in [0, 0.1) is 0 Å². The Morgan fingerprint density at radius 3 is 2.85 bits per heavy atom. The zero-order valence-corrected chi connectivity index (χ0v) is 16.1. The van der Waals surface area contributed by atoms with Gasteiger partial charge in [-0.1, -0.05) is 42.1 Å². The number of nitrogens with zero attached hydrogens (tertiary/aromatic N) is 2. The van der Waals surface area contributed by atoms with Crippen LogP contribution in [0.5, 0.6) is 5.75 Å². The first-order chi connectivity index (χ1) is 13.3. The molecule has 2 aromatic carbocycles. The van der Waals surface area contributed by atoms with Gasteiger partial charge in [0.25, 0.3) is 5.56 Å². The van der Waals surface area contributed by atoms with Crippen molar-refractivity contribution in [3.8, 4) is 5.75 Å². The zero-order valence-electron chi connectivity index (χ0n) is 15.3. The van der Waals surface area contributed by atoms with Gasteiger partial charge >= 0.3 is 0 Å². The average Bonchev–Trinajstić information content (AvgIpc) is 3.22. The first-order valence-electron chi connectivity index (χ1n) is 9.12. The lowest BCUT2D eigenvalue weighted by molar-refractivity contribution is 0.0937. The monoisotopic (exact) mass is 382 g/mol. The molecule has 0 N–H and O–H groups in total. The van der Waals surface area contributed by atoms with E-state index in [0.29, 0.717) is 17.7 Å². The lowest BCUT2D eigenvalue weighted by atomic mass is 10.2. The molecule has 1 atom stereocenters. The second-order valence-electron chi connectivity index (χ2n) is 6.56. The van der Waals surface area contributed by atoms with E-state index in [2.05, 4.69) is 0 Å². The summed E-state index contributed by atoms with van der Waals surface area (Å²) in [5, 5.41) is 1.37. The van der Waals surface area contributed by atoms with Crippen molar-refractivity contribution in [1.82, 2.24) is 9.55 Å². The van der Waals surface area contributed by atoms with Crippen molar-refractivity contribution in [3.05, 3.63) is 64.4 Å². The molecule has 4 rings (SSSR count). The summed E-state index contributed by atoms with van der Waals surface area (Å²) in [5.41, 5.74) is 1.81. The zero-order chi connectivity index (χ0) is 18.6. The highest BCUT2D eigenvalue weighted by molar-refractivity contribution is 7.98. The molecule has 0 amide bonds. The summed E-state index contributed by atoms with van der Waals surface area (Å²) in [6.07, 6.45) is 2.11. The van der Waals surface area contributed by atoms with Crippen LogP contribution in [-0.4, -0.2) is 29.4 Å². The molecule has 3 aromatic rings. The SMILES string of the molecule is COc1ccccc1CSc1nc2ccccc2c(=O)n1C[C@@H]1CCCO1. The Bertz CT molecular complexity index is 996. The summed E-state index contributed by atoms with van der Waals surface area (Å²) in [4.78, 5) is 17.9. The number of aromatic nitrogens is 2. The molecule has 1 aliphatic rings. The van der Waals surface area contributed by atoms with Gasteiger partial charge in [0.05, 0.1) is 30.7 Å². The topological polar surface area (TPSA) is 53.3 Å². The maximum absolute atomic E-state index is 13.1. The summed E-state index contributed by atoms with van der Waals surface area (Å²) in [7, 11) is 1.67. The first-order valence-corrected chi connectivity index (χ1v) is 10.1. The molecule has 6 heteroatoms. The van der Waals surface area contributed by atoms with Gasteiger partial charge in [-0.15, -0.1) is 0 Å². The molecule has 140 valence electrons. The number of fused-ring (bicyclic) bond motifs is 1. The van der Waals surface area contributed by atoms with Gasteiger partial charge in [0.1, 0.15) is 5.75 Å². The molecular weight excluding hydrogens is 360 g/mol.